The summed E-state index contributed by atoms with van der Waals surface area (Å²) in [5, 5.41) is 10.4. The van der Waals surface area contributed by atoms with Gasteiger partial charge in [0.2, 0.25) is 0 Å². The van der Waals surface area contributed by atoms with E-state index in [4.69, 9.17) is 12.2 Å². The fourth-order valence-electron chi connectivity index (χ4n) is 3.81. The lowest BCUT2D eigenvalue weighted by atomic mass is 10.0. The van der Waals surface area contributed by atoms with Crippen molar-refractivity contribution in [2.24, 2.45) is 0 Å². The molecule has 0 amide bonds. The average Bonchev–Trinajstić information content (AvgIpc) is 2.97. The first kappa shape index (κ1) is 14.5. The molecular weight excluding hydrogens is 328 g/mol. The number of nitrogens with one attached hydrogen (secondary N) is 2. The fourth-order valence-corrected chi connectivity index (χ4v) is 4.15. The van der Waals surface area contributed by atoms with Crippen molar-refractivity contribution >= 4 is 45.2 Å². The van der Waals surface area contributed by atoms with E-state index in [1.807, 2.05) is 18.2 Å². The molecule has 0 aliphatic carbocycles. The molecule has 3 aromatic rings. The van der Waals surface area contributed by atoms with Crippen LogP contribution in [0.4, 0.5) is 17.1 Å². The minimum atomic E-state index is 0.0496. The van der Waals surface area contributed by atoms with Gasteiger partial charge >= 0.3 is 0 Å². The number of thiocarbonyl (C=S) groups is 1. The van der Waals surface area contributed by atoms with Gasteiger partial charge in [-0.1, -0.05) is 42.5 Å². The Morgan fingerprint density at radius 1 is 0.840 bits per heavy atom. The second kappa shape index (κ2) is 5.36. The standard InChI is InChI=1S/C20H18N4S/c1-23-17-12-14-8-6-5-7-13(14)11-16(17)21-19-18(23)22-20(25)24(19)15-9-3-2-4-10-15/h2-12,18-19,21H,1H3,(H,22,25)/t18-,19-/m1/s1. The third kappa shape index (κ3) is 2.16. The van der Waals surface area contributed by atoms with Crippen LogP contribution < -0.4 is 20.4 Å². The molecule has 2 heterocycles. The SMILES string of the molecule is CN1c2cc3ccccc3cc2N[C@H]2[C@@H]1NC(=S)N2c1ccccc1. The lowest BCUT2D eigenvalue weighted by Crippen LogP contribution is -2.54. The van der Waals surface area contributed by atoms with Gasteiger partial charge in [-0.15, -0.1) is 0 Å². The predicted octanol–water partition coefficient (Wildman–Crippen LogP) is 3.75. The van der Waals surface area contributed by atoms with Gasteiger partial charge in [0.25, 0.3) is 0 Å². The Kier molecular flexibility index (Phi) is 3.12. The van der Waals surface area contributed by atoms with E-state index in [1.54, 1.807) is 0 Å². The molecule has 1 fully saturated rings. The highest BCUT2D eigenvalue weighted by Gasteiger charge is 2.43. The summed E-state index contributed by atoms with van der Waals surface area (Å²) in [6, 6.07) is 23.2. The van der Waals surface area contributed by atoms with Crippen molar-refractivity contribution in [1.29, 1.82) is 0 Å². The zero-order valence-corrected chi connectivity index (χ0v) is 14.6. The molecule has 2 N–H and O–H groups in total. The number of rotatable bonds is 1. The maximum atomic E-state index is 5.63. The van der Waals surface area contributed by atoms with Crippen molar-refractivity contribution in [3.05, 3.63) is 66.7 Å². The summed E-state index contributed by atoms with van der Waals surface area (Å²) in [6.07, 6.45) is 0.134. The van der Waals surface area contributed by atoms with E-state index in [9.17, 15) is 0 Å². The molecule has 124 valence electrons. The fraction of sp³-hybridized carbons (Fsp3) is 0.150. The zero-order chi connectivity index (χ0) is 17.0. The largest absolute Gasteiger partial charge is 0.360 e. The van der Waals surface area contributed by atoms with Crippen LogP contribution in [0.3, 0.4) is 0 Å². The Labute approximate surface area is 152 Å². The van der Waals surface area contributed by atoms with Crippen molar-refractivity contribution in [2.75, 3.05) is 22.2 Å². The Morgan fingerprint density at radius 3 is 2.28 bits per heavy atom. The molecule has 3 aromatic carbocycles. The number of hydrogen-bond donors (Lipinski definition) is 2. The van der Waals surface area contributed by atoms with Crippen LogP contribution in [0.25, 0.3) is 10.8 Å². The molecule has 5 heteroatoms. The molecule has 4 nitrogen and oxygen atoms in total. The van der Waals surface area contributed by atoms with Crippen molar-refractivity contribution in [3.8, 4) is 0 Å². The van der Waals surface area contributed by atoms with Gasteiger partial charge in [-0.2, -0.15) is 0 Å². The van der Waals surface area contributed by atoms with Crippen LogP contribution in [0.5, 0.6) is 0 Å². The minimum absolute atomic E-state index is 0.0496. The van der Waals surface area contributed by atoms with Crippen molar-refractivity contribution < 1.29 is 0 Å². The molecule has 5 rings (SSSR count). The molecule has 0 aromatic heterocycles. The van der Waals surface area contributed by atoms with E-state index in [1.165, 1.54) is 16.5 Å². The summed E-state index contributed by atoms with van der Waals surface area (Å²) < 4.78 is 0. The van der Waals surface area contributed by atoms with E-state index in [0.717, 1.165) is 16.5 Å². The van der Waals surface area contributed by atoms with Crippen LogP contribution in [0, 0.1) is 0 Å². The van der Waals surface area contributed by atoms with E-state index in [2.05, 4.69) is 76.0 Å². The Morgan fingerprint density at radius 2 is 1.52 bits per heavy atom. The number of likely N-dealkylation sites (N-methyl/N-ethyl adjacent to an activating group) is 1. The molecule has 2 aliphatic heterocycles. The predicted molar refractivity (Wildman–Crippen MR) is 108 cm³/mol. The van der Waals surface area contributed by atoms with Gasteiger partial charge in [-0.05, 0) is 47.3 Å². The van der Waals surface area contributed by atoms with Gasteiger partial charge in [0.15, 0.2) is 5.11 Å². The lowest BCUT2D eigenvalue weighted by molar-refractivity contribution is 0.551. The lowest BCUT2D eigenvalue weighted by Gasteiger charge is -2.40. The highest BCUT2D eigenvalue weighted by molar-refractivity contribution is 7.80. The van der Waals surface area contributed by atoms with E-state index in [0.29, 0.717) is 0 Å². The second-order valence-electron chi connectivity index (χ2n) is 6.52. The van der Waals surface area contributed by atoms with E-state index < -0.39 is 0 Å². The van der Waals surface area contributed by atoms with Gasteiger partial charge in [-0.25, -0.2) is 0 Å². The molecule has 0 radical (unpaired) electrons. The third-order valence-corrected chi connectivity index (χ3v) is 5.38. The Balaban J connectivity index is 1.61. The summed E-state index contributed by atoms with van der Waals surface area (Å²) in [5.74, 6) is 0. The average molecular weight is 346 g/mol. The van der Waals surface area contributed by atoms with Crippen LogP contribution in [-0.2, 0) is 0 Å². The maximum Gasteiger partial charge on any atom is 0.177 e. The van der Waals surface area contributed by atoms with Crippen molar-refractivity contribution in [1.82, 2.24) is 5.32 Å². The first-order valence-electron chi connectivity index (χ1n) is 8.39. The summed E-state index contributed by atoms with van der Waals surface area (Å²) in [5.41, 5.74) is 3.41. The van der Waals surface area contributed by atoms with Gasteiger partial charge in [-0.3, -0.25) is 4.90 Å². The minimum Gasteiger partial charge on any atom is -0.360 e. The summed E-state index contributed by atoms with van der Waals surface area (Å²) in [7, 11) is 2.12. The highest BCUT2D eigenvalue weighted by atomic mass is 32.1. The molecule has 1 saturated heterocycles. The van der Waals surface area contributed by atoms with Crippen LogP contribution in [0.2, 0.25) is 0 Å². The monoisotopic (exact) mass is 346 g/mol. The summed E-state index contributed by atoms with van der Waals surface area (Å²) >= 11 is 5.63. The number of anilines is 3. The quantitative estimate of drug-likeness (QED) is 0.656. The van der Waals surface area contributed by atoms with E-state index in [-0.39, 0.29) is 12.3 Å². The molecule has 25 heavy (non-hydrogen) atoms. The molecule has 0 unspecified atom stereocenters. The molecule has 2 aliphatic rings. The van der Waals surface area contributed by atoms with Crippen LogP contribution in [0.15, 0.2) is 66.7 Å². The number of nitrogens with zero attached hydrogens (tertiary/aromatic N) is 2. The molecule has 2 atom stereocenters. The van der Waals surface area contributed by atoms with Gasteiger partial charge in [0.1, 0.15) is 12.3 Å². The third-order valence-electron chi connectivity index (χ3n) is 5.07. The number of hydrogen-bond acceptors (Lipinski definition) is 3. The van der Waals surface area contributed by atoms with Crippen LogP contribution in [0.1, 0.15) is 0 Å². The first-order chi connectivity index (χ1) is 12.2. The van der Waals surface area contributed by atoms with Gasteiger partial charge in [0.05, 0.1) is 11.4 Å². The number of fused-ring (bicyclic) bond motifs is 3. The molecule has 0 saturated carbocycles. The Hall–Kier alpha value is -2.79. The zero-order valence-electron chi connectivity index (χ0n) is 13.8. The summed E-state index contributed by atoms with van der Waals surface area (Å²) in [4.78, 5) is 4.44. The molecular formula is C20H18N4S. The molecule has 0 bridgehead atoms. The van der Waals surface area contributed by atoms with Gasteiger partial charge < -0.3 is 15.5 Å². The summed E-state index contributed by atoms with van der Waals surface area (Å²) in [6.45, 7) is 0. The van der Waals surface area contributed by atoms with E-state index >= 15 is 0 Å². The van der Waals surface area contributed by atoms with Crippen molar-refractivity contribution in [2.45, 2.75) is 12.3 Å². The van der Waals surface area contributed by atoms with Crippen molar-refractivity contribution in [3.63, 3.8) is 0 Å². The maximum absolute atomic E-state index is 5.63. The Bertz CT molecular complexity index is 972. The number of para-hydroxylation sites is 1. The topological polar surface area (TPSA) is 30.5 Å². The van der Waals surface area contributed by atoms with Crippen LogP contribution >= 0.6 is 12.2 Å². The molecule has 0 spiro atoms. The second-order valence-corrected chi connectivity index (χ2v) is 6.90. The first-order valence-corrected chi connectivity index (χ1v) is 8.80. The van der Waals surface area contributed by atoms with Crippen LogP contribution in [-0.4, -0.2) is 24.5 Å². The normalized spacial score (nSPS) is 21.6. The van der Waals surface area contributed by atoms with Gasteiger partial charge in [0, 0.05) is 12.7 Å². The smallest absolute Gasteiger partial charge is 0.177 e. The highest BCUT2D eigenvalue weighted by Crippen LogP contribution is 2.39. The number of benzene rings is 3.